The molecule has 5 heteroatoms. The van der Waals surface area contributed by atoms with Gasteiger partial charge in [0.1, 0.15) is 11.9 Å². The molecule has 0 amide bonds. The molecule has 3 heterocycles. The van der Waals surface area contributed by atoms with E-state index in [1.807, 2.05) is 6.07 Å². The molecule has 5 nitrogen and oxygen atoms in total. The highest BCUT2D eigenvalue weighted by Crippen LogP contribution is 2.58. The van der Waals surface area contributed by atoms with Crippen molar-refractivity contribution >= 4 is 5.78 Å². The largest absolute Gasteiger partial charge is 0.493 e. The summed E-state index contributed by atoms with van der Waals surface area (Å²) in [5, 5.41) is 2.06. The zero-order valence-electron chi connectivity index (χ0n) is 16.1. The van der Waals surface area contributed by atoms with E-state index in [1.54, 1.807) is 7.11 Å². The highest BCUT2D eigenvalue weighted by molar-refractivity contribution is 5.82. The summed E-state index contributed by atoms with van der Waals surface area (Å²) in [5.41, 5.74) is 2.28. The number of methoxy groups -OCH3 is 1. The van der Waals surface area contributed by atoms with E-state index < -0.39 is 0 Å². The van der Waals surface area contributed by atoms with E-state index in [4.69, 9.17) is 14.3 Å². The maximum atomic E-state index is 12.8. The zero-order valence-corrected chi connectivity index (χ0v) is 16.1. The van der Waals surface area contributed by atoms with Gasteiger partial charge in [-0.2, -0.15) is 5.06 Å². The normalized spacial score (nSPS) is 33.6. The van der Waals surface area contributed by atoms with Gasteiger partial charge in [0, 0.05) is 18.5 Å². The van der Waals surface area contributed by atoms with Crippen LogP contribution in [0, 0.1) is 5.92 Å². The number of carbonyl (C=O) groups excluding carboxylic acids is 1. The quantitative estimate of drug-likeness (QED) is 0.757. The van der Waals surface area contributed by atoms with Crippen LogP contribution < -0.4 is 9.47 Å². The lowest BCUT2D eigenvalue weighted by atomic mass is 9.68. The van der Waals surface area contributed by atoms with E-state index in [-0.39, 0.29) is 23.5 Å². The maximum Gasteiger partial charge on any atom is 0.166 e. The molecule has 1 saturated heterocycles. The smallest absolute Gasteiger partial charge is 0.166 e. The number of hydrogen-bond donors (Lipinski definition) is 0. The minimum absolute atomic E-state index is 0.0271. The van der Waals surface area contributed by atoms with Crippen molar-refractivity contribution in [1.82, 2.24) is 5.06 Å². The Hall–Kier alpha value is -1.85. The van der Waals surface area contributed by atoms with E-state index in [0.29, 0.717) is 18.8 Å². The molecule has 1 aromatic rings. The lowest BCUT2D eigenvalue weighted by molar-refractivity contribution is -0.134. The number of hydrogen-bond acceptors (Lipinski definition) is 5. The van der Waals surface area contributed by atoms with Gasteiger partial charge in [0.05, 0.1) is 31.1 Å². The molecule has 0 N–H and O–H groups in total. The van der Waals surface area contributed by atoms with E-state index in [1.165, 1.54) is 11.1 Å². The average molecular weight is 369 g/mol. The standard InChI is InChI=1S/C22H27NO4/c1-3-6-16(24)15-13-26-23-12-11-22-10-5-4-7-18(22)27-21-17(25-2)9-8-14(19(21)22)20(15)23/h5,8-10,15,18,20H,3-4,6-7,11-13H2,1-2H3/t15?,18-,20?,22?/m1/s1. The number of rotatable bonds is 4. The molecule has 1 aliphatic carbocycles. The molecule has 0 bridgehead atoms. The fraction of sp³-hybridized carbons (Fsp3) is 0.591. The molecule has 4 atom stereocenters. The topological polar surface area (TPSA) is 48.0 Å². The van der Waals surface area contributed by atoms with Gasteiger partial charge in [0.15, 0.2) is 11.5 Å². The lowest BCUT2D eigenvalue weighted by Crippen LogP contribution is -2.39. The maximum absolute atomic E-state index is 12.8. The predicted octanol–water partition coefficient (Wildman–Crippen LogP) is 3.72. The molecule has 1 fully saturated rings. The van der Waals surface area contributed by atoms with Crippen LogP contribution in [0.3, 0.4) is 0 Å². The van der Waals surface area contributed by atoms with Crippen molar-refractivity contribution in [2.45, 2.75) is 56.6 Å². The second-order valence-electron chi connectivity index (χ2n) is 8.14. The number of ketones is 1. The minimum atomic E-state index is -0.135. The average Bonchev–Trinajstić information content (AvgIpc) is 3.22. The van der Waals surface area contributed by atoms with E-state index in [0.717, 1.165) is 43.7 Å². The number of carbonyl (C=O) groups is 1. The molecular formula is C22H27NO4. The van der Waals surface area contributed by atoms with Crippen LogP contribution in [0.1, 0.15) is 56.2 Å². The Bertz CT molecular complexity index is 804. The van der Waals surface area contributed by atoms with Crippen molar-refractivity contribution in [2.24, 2.45) is 5.92 Å². The Kier molecular flexibility index (Phi) is 4.06. The van der Waals surface area contributed by atoms with Gasteiger partial charge in [0.25, 0.3) is 0 Å². The summed E-state index contributed by atoms with van der Waals surface area (Å²) in [6, 6.07) is 4.10. The molecule has 5 rings (SSSR count). The Balaban J connectivity index is 1.69. The SMILES string of the molecule is CCCC(=O)C1CON2CCC34C=CCC[C@H]3Oc3c(OC)ccc(c34)C12. The third-order valence-electron chi connectivity index (χ3n) is 6.77. The molecule has 1 spiro atoms. The molecule has 1 aromatic carbocycles. The number of hydroxylamine groups is 2. The molecule has 27 heavy (non-hydrogen) atoms. The molecule has 0 radical (unpaired) electrons. The minimum Gasteiger partial charge on any atom is -0.493 e. The number of Topliss-reactive ketones (excluding diaryl/α,β-unsaturated/α-hetero) is 1. The van der Waals surface area contributed by atoms with Gasteiger partial charge in [-0.15, -0.1) is 0 Å². The number of benzene rings is 1. The van der Waals surface area contributed by atoms with Crippen molar-refractivity contribution in [3.8, 4) is 11.5 Å². The second-order valence-corrected chi connectivity index (χ2v) is 8.14. The number of ether oxygens (including phenoxy) is 2. The first-order chi connectivity index (χ1) is 13.2. The lowest BCUT2D eigenvalue weighted by Gasteiger charge is -2.34. The van der Waals surface area contributed by atoms with Crippen LogP contribution in [0.5, 0.6) is 11.5 Å². The van der Waals surface area contributed by atoms with Crippen LogP contribution in [0.4, 0.5) is 0 Å². The molecule has 3 aliphatic heterocycles. The predicted molar refractivity (Wildman–Crippen MR) is 101 cm³/mol. The molecule has 0 aromatic heterocycles. The number of allylic oxidation sites excluding steroid dienone is 1. The summed E-state index contributed by atoms with van der Waals surface area (Å²) < 4.78 is 12.1. The first-order valence-corrected chi connectivity index (χ1v) is 10.2. The van der Waals surface area contributed by atoms with Crippen LogP contribution in [-0.2, 0) is 15.0 Å². The monoisotopic (exact) mass is 369 g/mol. The highest BCUT2D eigenvalue weighted by Gasteiger charge is 2.55. The molecule has 3 unspecified atom stereocenters. The van der Waals surface area contributed by atoms with Crippen LogP contribution in [0.2, 0.25) is 0 Å². The van der Waals surface area contributed by atoms with Gasteiger partial charge >= 0.3 is 0 Å². The van der Waals surface area contributed by atoms with Crippen molar-refractivity contribution in [2.75, 3.05) is 20.3 Å². The van der Waals surface area contributed by atoms with Gasteiger partial charge in [0.2, 0.25) is 0 Å². The first kappa shape index (κ1) is 17.3. The second kappa shape index (κ2) is 6.35. The van der Waals surface area contributed by atoms with Gasteiger partial charge < -0.3 is 9.47 Å². The van der Waals surface area contributed by atoms with Crippen LogP contribution in [0.15, 0.2) is 24.3 Å². The Labute approximate surface area is 160 Å². The number of fused-ring (bicyclic) bond motifs is 2. The fourth-order valence-corrected chi connectivity index (χ4v) is 5.53. The third kappa shape index (κ3) is 2.34. The summed E-state index contributed by atoms with van der Waals surface area (Å²) in [5.74, 6) is 1.87. The highest BCUT2D eigenvalue weighted by atomic mass is 16.7. The summed E-state index contributed by atoms with van der Waals surface area (Å²) in [4.78, 5) is 18.9. The van der Waals surface area contributed by atoms with Gasteiger partial charge in [-0.1, -0.05) is 25.1 Å². The summed E-state index contributed by atoms with van der Waals surface area (Å²) >= 11 is 0. The molecule has 0 saturated carbocycles. The first-order valence-electron chi connectivity index (χ1n) is 10.2. The van der Waals surface area contributed by atoms with Gasteiger partial charge in [-0.25, -0.2) is 0 Å². The molecule has 4 aliphatic rings. The van der Waals surface area contributed by atoms with Crippen LogP contribution in [-0.4, -0.2) is 37.2 Å². The zero-order chi connectivity index (χ0) is 18.6. The van der Waals surface area contributed by atoms with Crippen LogP contribution in [0.25, 0.3) is 0 Å². The fourth-order valence-electron chi connectivity index (χ4n) is 5.53. The van der Waals surface area contributed by atoms with Crippen molar-refractivity contribution in [1.29, 1.82) is 0 Å². The van der Waals surface area contributed by atoms with E-state index in [9.17, 15) is 4.79 Å². The number of nitrogens with zero attached hydrogens (tertiary/aromatic N) is 1. The van der Waals surface area contributed by atoms with E-state index in [2.05, 4.69) is 30.2 Å². The van der Waals surface area contributed by atoms with Crippen molar-refractivity contribution in [3.05, 3.63) is 35.4 Å². The summed E-state index contributed by atoms with van der Waals surface area (Å²) in [7, 11) is 1.70. The molecule has 144 valence electrons. The Morgan fingerprint density at radius 1 is 1.41 bits per heavy atom. The third-order valence-corrected chi connectivity index (χ3v) is 6.77. The van der Waals surface area contributed by atoms with Crippen molar-refractivity contribution < 1.29 is 19.1 Å². The molecular weight excluding hydrogens is 342 g/mol. The summed E-state index contributed by atoms with van der Waals surface area (Å²) in [6.07, 6.45) is 9.25. The Morgan fingerprint density at radius 2 is 2.30 bits per heavy atom. The summed E-state index contributed by atoms with van der Waals surface area (Å²) in [6.45, 7) is 3.35. The van der Waals surface area contributed by atoms with Crippen molar-refractivity contribution in [3.63, 3.8) is 0 Å². The van der Waals surface area contributed by atoms with Crippen LogP contribution >= 0.6 is 0 Å². The van der Waals surface area contributed by atoms with Gasteiger partial charge in [-0.3, -0.25) is 9.63 Å². The Morgan fingerprint density at radius 3 is 3.11 bits per heavy atom. The van der Waals surface area contributed by atoms with E-state index >= 15 is 0 Å². The van der Waals surface area contributed by atoms with Gasteiger partial charge in [-0.05, 0) is 37.3 Å².